The zero-order valence-corrected chi connectivity index (χ0v) is 15.3. The maximum absolute atomic E-state index is 12.5. The lowest BCUT2D eigenvalue weighted by molar-refractivity contribution is -0.141. The molecule has 1 amide bonds. The topological polar surface area (TPSA) is 129 Å². The van der Waals surface area contributed by atoms with Crippen molar-refractivity contribution in [2.75, 3.05) is 0 Å². The first kappa shape index (κ1) is 20.3. The summed E-state index contributed by atoms with van der Waals surface area (Å²) < 4.78 is 10.5. The summed E-state index contributed by atoms with van der Waals surface area (Å²) in [6, 6.07) is 6.33. The molecule has 1 atom stereocenters. The van der Waals surface area contributed by atoms with Crippen molar-refractivity contribution in [2.45, 2.75) is 52.2 Å². The van der Waals surface area contributed by atoms with Gasteiger partial charge in [-0.25, -0.2) is 14.6 Å². The Morgan fingerprint density at radius 1 is 1.12 bits per heavy atom. The zero-order valence-electron chi connectivity index (χ0n) is 15.3. The monoisotopic (exact) mass is 350 g/mol. The van der Waals surface area contributed by atoms with Crippen LogP contribution in [0.25, 0.3) is 0 Å². The van der Waals surface area contributed by atoms with Gasteiger partial charge >= 0.3 is 12.1 Å². The van der Waals surface area contributed by atoms with Gasteiger partial charge in [-0.2, -0.15) is 0 Å². The number of alkyl carbamates (subject to hydrolysis) is 1. The number of ether oxygens (including phenoxy) is 2. The second-order valence-corrected chi connectivity index (χ2v) is 6.73. The van der Waals surface area contributed by atoms with E-state index >= 15 is 0 Å². The van der Waals surface area contributed by atoms with E-state index in [4.69, 9.17) is 20.9 Å². The molecule has 0 aliphatic heterocycles. The molecule has 0 bridgehead atoms. The van der Waals surface area contributed by atoms with Crippen LogP contribution in [-0.2, 0) is 9.53 Å². The first-order valence-electron chi connectivity index (χ1n) is 7.88. The SMILES string of the molecule is CC[C@@](C)(NC(=O)OC(C)(C)C)C(=O)Oc1ccc(N=C(N)N)cc1. The lowest BCUT2D eigenvalue weighted by Gasteiger charge is -2.29. The molecule has 8 heteroatoms. The number of carbonyl (C=O) groups is 2. The Morgan fingerprint density at radius 2 is 1.68 bits per heavy atom. The average Bonchev–Trinajstić information content (AvgIpc) is 2.46. The van der Waals surface area contributed by atoms with Crippen molar-refractivity contribution in [3.63, 3.8) is 0 Å². The van der Waals surface area contributed by atoms with Crippen molar-refractivity contribution < 1.29 is 19.1 Å². The number of aliphatic imine (C=N–C) groups is 1. The van der Waals surface area contributed by atoms with Crippen LogP contribution in [0.1, 0.15) is 41.0 Å². The highest BCUT2D eigenvalue weighted by Crippen LogP contribution is 2.21. The summed E-state index contributed by atoms with van der Waals surface area (Å²) in [5.41, 5.74) is 9.25. The Hall–Kier alpha value is -2.77. The lowest BCUT2D eigenvalue weighted by atomic mass is 9.99. The van der Waals surface area contributed by atoms with E-state index in [9.17, 15) is 9.59 Å². The standard InChI is InChI=1S/C17H26N4O4/c1-6-17(5,21-15(23)25-16(2,3)4)13(22)24-12-9-7-11(8-10-12)20-14(18)19/h7-10H,6H2,1-5H3,(H,21,23)(H4,18,19,20)/t17-/m1/s1. The van der Waals surface area contributed by atoms with Crippen LogP contribution in [0.5, 0.6) is 5.75 Å². The van der Waals surface area contributed by atoms with Crippen LogP contribution in [0.4, 0.5) is 10.5 Å². The molecule has 0 fully saturated rings. The Morgan fingerprint density at radius 3 is 2.12 bits per heavy atom. The average molecular weight is 350 g/mol. The summed E-state index contributed by atoms with van der Waals surface area (Å²) >= 11 is 0. The fourth-order valence-electron chi connectivity index (χ4n) is 1.77. The summed E-state index contributed by atoms with van der Waals surface area (Å²) in [7, 11) is 0. The smallest absolute Gasteiger partial charge is 0.408 e. The predicted octanol–water partition coefficient (Wildman–Crippen LogP) is 2.19. The third-order valence-electron chi connectivity index (χ3n) is 3.24. The summed E-state index contributed by atoms with van der Waals surface area (Å²) in [5.74, 6) is -0.356. The van der Waals surface area contributed by atoms with Gasteiger partial charge in [0.25, 0.3) is 0 Å². The Balaban J connectivity index is 2.81. The molecule has 8 nitrogen and oxygen atoms in total. The highest BCUT2D eigenvalue weighted by Gasteiger charge is 2.36. The van der Waals surface area contributed by atoms with Crippen molar-refractivity contribution in [1.29, 1.82) is 0 Å². The van der Waals surface area contributed by atoms with Gasteiger partial charge in [0, 0.05) is 0 Å². The van der Waals surface area contributed by atoms with Crippen LogP contribution in [0.2, 0.25) is 0 Å². The van der Waals surface area contributed by atoms with Crippen molar-refractivity contribution in [3.05, 3.63) is 24.3 Å². The third-order valence-corrected chi connectivity index (χ3v) is 3.24. The van der Waals surface area contributed by atoms with Crippen LogP contribution >= 0.6 is 0 Å². The molecule has 5 N–H and O–H groups in total. The number of amides is 1. The van der Waals surface area contributed by atoms with Crippen LogP contribution < -0.4 is 21.5 Å². The van der Waals surface area contributed by atoms with E-state index in [2.05, 4.69) is 10.3 Å². The maximum atomic E-state index is 12.5. The number of hydrogen-bond donors (Lipinski definition) is 3. The van der Waals surface area contributed by atoms with Gasteiger partial charge in [0.2, 0.25) is 0 Å². The largest absolute Gasteiger partial charge is 0.444 e. The van der Waals surface area contributed by atoms with Crippen molar-refractivity contribution in [1.82, 2.24) is 5.32 Å². The number of nitrogens with zero attached hydrogens (tertiary/aromatic N) is 1. The second kappa shape index (κ2) is 7.87. The van der Waals surface area contributed by atoms with E-state index in [1.807, 2.05) is 0 Å². The van der Waals surface area contributed by atoms with E-state index in [1.54, 1.807) is 58.9 Å². The summed E-state index contributed by atoms with van der Waals surface area (Å²) in [4.78, 5) is 28.3. The number of hydrogen-bond acceptors (Lipinski definition) is 5. The third kappa shape index (κ3) is 6.70. The van der Waals surface area contributed by atoms with Crippen LogP contribution in [0.15, 0.2) is 29.3 Å². The van der Waals surface area contributed by atoms with Gasteiger partial charge in [0.15, 0.2) is 5.96 Å². The van der Waals surface area contributed by atoms with Gasteiger partial charge in [-0.15, -0.1) is 0 Å². The Bertz CT molecular complexity index is 646. The molecular weight excluding hydrogens is 324 g/mol. The Kier molecular flexibility index (Phi) is 6.38. The summed E-state index contributed by atoms with van der Waals surface area (Å²) in [5, 5.41) is 2.57. The lowest BCUT2D eigenvalue weighted by Crippen LogP contribution is -2.54. The highest BCUT2D eigenvalue weighted by atomic mass is 16.6. The van der Waals surface area contributed by atoms with Gasteiger partial charge in [-0.1, -0.05) is 6.92 Å². The van der Waals surface area contributed by atoms with Crippen LogP contribution in [0.3, 0.4) is 0 Å². The fourth-order valence-corrected chi connectivity index (χ4v) is 1.77. The minimum Gasteiger partial charge on any atom is -0.444 e. The molecule has 138 valence electrons. The van der Waals surface area contributed by atoms with Gasteiger partial charge in [0.05, 0.1) is 5.69 Å². The molecule has 0 radical (unpaired) electrons. The number of esters is 1. The number of carbonyl (C=O) groups excluding carboxylic acids is 2. The molecule has 0 aromatic heterocycles. The molecule has 1 aromatic rings. The minimum absolute atomic E-state index is 0.0649. The van der Waals surface area contributed by atoms with Gasteiger partial charge in [0.1, 0.15) is 16.9 Å². The van der Waals surface area contributed by atoms with Crippen molar-refractivity contribution >= 4 is 23.7 Å². The van der Waals surface area contributed by atoms with E-state index in [0.717, 1.165) is 0 Å². The van der Waals surface area contributed by atoms with Gasteiger partial charge in [-0.05, 0) is 58.4 Å². The normalized spacial score (nSPS) is 13.3. The molecule has 1 aromatic carbocycles. The van der Waals surface area contributed by atoms with Crippen molar-refractivity contribution in [3.8, 4) is 5.75 Å². The first-order valence-corrected chi connectivity index (χ1v) is 7.88. The van der Waals surface area contributed by atoms with Crippen LogP contribution in [0, 0.1) is 0 Å². The first-order chi connectivity index (χ1) is 11.4. The highest BCUT2D eigenvalue weighted by molar-refractivity contribution is 5.87. The molecule has 0 aliphatic carbocycles. The summed E-state index contributed by atoms with van der Waals surface area (Å²) in [6.07, 6.45) is -0.353. The molecule has 1 rings (SSSR count). The second-order valence-electron chi connectivity index (χ2n) is 6.73. The number of benzene rings is 1. The number of nitrogens with one attached hydrogen (secondary N) is 1. The predicted molar refractivity (Wildman–Crippen MR) is 95.6 cm³/mol. The molecular formula is C17H26N4O4. The van der Waals surface area contributed by atoms with E-state index in [1.165, 1.54) is 0 Å². The fraction of sp³-hybridized carbons (Fsp3) is 0.471. The van der Waals surface area contributed by atoms with Gasteiger partial charge < -0.3 is 26.3 Å². The quantitative estimate of drug-likeness (QED) is 0.323. The summed E-state index contributed by atoms with van der Waals surface area (Å²) in [6.45, 7) is 8.57. The number of guanidine groups is 1. The molecule has 0 saturated carbocycles. The number of rotatable bonds is 5. The number of nitrogens with two attached hydrogens (primary N) is 2. The van der Waals surface area contributed by atoms with E-state index in [0.29, 0.717) is 17.9 Å². The maximum Gasteiger partial charge on any atom is 0.408 e. The minimum atomic E-state index is -1.22. The van der Waals surface area contributed by atoms with Crippen LogP contribution in [-0.4, -0.2) is 29.2 Å². The van der Waals surface area contributed by atoms with Crippen molar-refractivity contribution in [2.24, 2.45) is 16.5 Å². The molecule has 0 aliphatic rings. The Labute approximate surface area is 147 Å². The molecule has 25 heavy (non-hydrogen) atoms. The van der Waals surface area contributed by atoms with Gasteiger partial charge in [-0.3, -0.25) is 0 Å². The molecule has 0 heterocycles. The van der Waals surface area contributed by atoms with E-state index in [-0.39, 0.29) is 5.96 Å². The molecule has 0 unspecified atom stereocenters. The molecule has 0 saturated heterocycles. The zero-order chi connectivity index (χ0) is 19.3. The molecule has 0 spiro atoms. The van der Waals surface area contributed by atoms with E-state index < -0.39 is 23.2 Å².